The molecule has 18 heavy (non-hydrogen) atoms. The summed E-state index contributed by atoms with van der Waals surface area (Å²) < 4.78 is 0. The molecule has 2 rings (SSSR count). The average Bonchev–Trinajstić information content (AvgIpc) is 2.40. The van der Waals surface area contributed by atoms with Gasteiger partial charge in [-0.1, -0.05) is 12.1 Å². The van der Waals surface area contributed by atoms with Crippen LogP contribution in [0.3, 0.4) is 0 Å². The highest BCUT2D eigenvalue weighted by atomic mass is 16.3. The van der Waals surface area contributed by atoms with Crippen molar-refractivity contribution in [2.45, 2.75) is 32.3 Å². The summed E-state index contributed by atoms with van der Waals surface area (Å²) in [5, 5.41) is 12.3. The molecule has 0 aromatic heterocycles. The molecule has 98 valence electrons. The fourth-order valence-electron chi connectivity index (χ4n) is 2.14. The number of nitrogens with zero attached hydrogens (tertiary/aromatic N) is 1. The molecule has 0 aliphatic carbocycles. The number of carbonyl (C=O) groups is 1. The SMILES string of the molecule is CC(O)c1ccc(NC(=O)N2CCCCC2)cc1. The molecule has 1 aliphatic heterocycles. The second-order valence-corrected chi connectivity index (χ2v) is 4.78. The van der Waals surface area contributed by atoms with Gasteiger partial charge in [0.1, 0.15) is 0 Å². The van der Waals surface area contributed by atoms with Gasteiger partial charge in [0.2, 0.25) is 0 Å². The van der Waals surface area contributed by atoms with E-state index < -0.39 is 6.10 Å². The van der Waals surface area contributed by atoms with E-state index in [9.17, 15) is 9.90 Å². The predicted octanol–water partition coefficient (Wildman–Crippen LogP) is 2.76. The van der Waals surface area contributed by atoms with Gasteiger partial charge in [-0.25, -0.2) is 4.79 Å². The molecule has 1 heterocycles. The molecule has 1 aromatic rings. The second-order valence-electron chi connectivity index (χ2n) is 4.78. The number of aliphatic hydroxyl groups excluding tert-OH is 1. The topological polar surface area (TPSA) is 52.6 Å². The number of carbonyl (C=O) groups excluding carboxylic acids is 1. The number of piperidine rings is 1. The lowest BCUT2D eigenvalue weighted by Crippen LogP contribution is -2.38. The van der Waals surface area contributed by atoms with Crippen LogP contribution in [0, 0.1) is 0 Å². The van der Waals surface area contributed by atoms with Crippen molar-refractivity contribution >= 4 is 11.7 Å². The Morgan fingerprint density at radius 3 is 2.39 bits per heavy atom. The zero-order valence-electron chi connectivity index (χ0n) is 10.7. The molecule has 0 radical (unpaired) electrons. The van der Waals surface area contributed by atoms with Crippen molar-refractivity contribution in [3.63, 3.8) is 0 Å². The smallest absolute Gasteiger partial charge is 0.321 e. The summed E-state index contributed by atoms with van der Waals surface area (Å²) in [5.74, 6) is 0. The van der Waals surface area contributed by atoms with Crippen LogP contribution in [0.25, 0.3) is 0 Å². The van der Waals surface area contributed by atoms with Gasteiger partial charge in [-0.05, 0) is 43.9 Å². The predicted molar refractivity (Wildman–Crippen MR) is 71.5 cm³/mol. The van der Waals surface area contributed by atoms with Crippen LogP contribution in [0.1, 0.15) is 37.9 Å². The third kappa shape index (κ3) is 3.23. The van der Waals surface area contributed by atoms with Crippen molar-refractivity contribution in [2.75, 3.05) is 18.4 Å². The summed E-state index contributed by atoms with van der Waals surface area (Å²) >= 11 is 0. The number of benzene rings is 1. The Bertz CT molecular complexity index is 395. The van der Waals surface area contributed by atoms with Gasteiger partial charge >= 0.3 is 6.03 Å². The van der Waals surface area contributed by atoms with Crippen LogP contribution >= 0.6 is 0 Å². The third-order valence-corrected chi connectivity index (χ3v) is 3.29. The Hall–Kier alpha value is -1.55. The highest BCUT2D eigenvalue weighted by Gasteiger charge is 2.16. The average molecular weight is 248 g/mol. The Labute approximate surface area is 108 Å². The third-order valence-electron chi connectivity index (χ3n) is 3.29. The Morgan fingerprint density at radius 2 is 1.83 bits per heavy atom. The molecule has 4 heteroatoms. The van der Waals surface area contributed by atoms with E-state index in [1.807, 2.05) is 29.2 Å². The lowest BCUT2D eigenvalue weighted by molar-refractivity contribution is 0.199. The summed E-state index contributed by atoms with van der Waals surface area (Å²) in [6.45, 7) is 3.41. The van der Waals surface area contributed by atoms with Gasteiger partial charge in [0.05, 0.1) is 6.10 Å². The molecule has 1 unspecified atom stereocenters. The number of hydrogen-bond acceptors (Lipinski definition) is 2. The molecule has 0 saturated carbocycles. The van der Waals surface area contributed by atoms with E-state index in [-0.39, 0.29) is 6.03 Å². The Balaban J connectivity index is 1.94. The van der Waals surface area contributed by atoms with Crippen LogP contribution in [0.15, 0.2) is 24.3 Å². The number of rotatable bonds is 2. The number of nitrogens with one attached hydrogen (secondary N) is 1. The normalized spacial score (nSPS) is 17.3. The molecule has 2 N–H and O–H groups in total. The van der Waals surface area contributed by atoms with E-state index in [4.69, 9.17) is 0 Å². The number of urea groups is 1. The van der Waals surface area contributed by atoms with Crippen LogP contribution in [0.2, 0.25) is 0 Å². The van der Waals surface area contributed by atoms with Crippen LogP contribution in [0.5, 0.6) is 0 Å². The van der Waals surface area contributed by atoms with Crippen molar-refractivity contribution in [1.29, 1.82) is 0 Å². The monoisotopic (exact) mass is 248 g/mol. The molecule has 1 saturated heterocycles. The Kier molecular flexibility index (Phi) is 4.20. The molecular weight excluding hydrogens is 228 g/mol. The molecular formula is C14H20N2O2. The first-order valence-electron chi connectivity index (χ1n) is 6.51. The summed E-state index contributed by atoms with van der Waals surface area (Å²) in [4.78, 5) is 13.8. The van der Waals surface area contributed by atoms with Crippen molar-refractivity contribution in [3.05, 3.63) is 29.8 Å². The summed E-state index contributed by atoms with van der Waals surface area (Å²) in [5.41, 5.74) is 1.63. The molecule has 4 nitrogen and oxygen atoms in total. The zero-order valence-corrected chi connectivity index (χ0v) is 10.7. The van der Waals surface area contributed by atoms with Crippen molar-refractivity contribution in [3.8, 4) is 0 Å². The largest absolute Gasteiger partial charge is 0.389 e. The van der Waals surface area contributed by atoms with Gasteiger partial charge in [-0.15, -0.1) is 0 Å². The molecule has 2 amide bonds. The number of aliphatic hydroxyl groups is 1. The van der Waals surface area contributed by atoms with Gasteiger partial charge in [0.15, 0.2) is 0 Å². The number of amides is 2. The van der Waals surface area contributed by atoms with Crippen LogP contribution in [-0.4, -0.2) is 29.1 Å². The zero-order chi connectivity index (χ0) is 13.0. The summed E-state index contributed by atoms with van der Waals surface area (Å²) in [7, 11) is 0. The van der Waals surface area contributed by atoms with Crippen LogP contribution in [-0.2, 0) is 0 Å². The molecule has 0 bridgehead atoms. The minimum absolute atomic E-state index is 0.0282. The van der Waals surface area contributed by atoms with E-state index in [1.165, 1.54) is 6.42 Å². The molecule has 1 fully saturated rings. The standard InChI is InChI=1S/C14H20N2O2/c1-11(17)12-5-7-13(8-6-12)15-14(18)16-9-3-2-4-10-16/h5-8,11,17H,2-4,9-10H2,1H3,(H,15,18). The first kappa shape index (κ1) is 12.9. The summed E-state index contributed by atoms with van der Waals surface area (Å²) in [6.07, 6.45) is 2.92. The van der Waals surface area contributed by atoms with E-state index in [1.54, 1.807) is 6.92 Å². The highest BCUT2D eigenvalue weighted by Crippen LogP contribution is 2.17. The molecule has 0 spiro atoms. The first-order chi connectivity index (χ1) is 8.66. The minimum atomic E-state index is -0.475. The lowest BCUT2D eigenvalue weighted by Gasteiger charge is -2.26. The first-order valence-corrected chi connectivity index (χ1v) is 6.51. The minimum Gasteiger partial charge on any atom is -0.389 e. The fraction of sp³-hybridized carbons (Fsp3) is 0.500. The maximum Gasteiger partial charge on any atom is 0.321 e. The lowest BCUT2D eigenvalue weighted by atomic mass is 10.1. The highest BCUT2D eigenvalue weighted by molar-refractivity contribution is 5.89. The maximum absolute atomic E-state index is 12.0. The van der Waals surface area contributed by atoms with Crippen LogP contribution in [0.4, 0.5) is 10.5 Å². The maximum atomic E-state index is 12.0. The van der Waals surface area contributed by atoms with Gasteiger partial charge in [-0.2, -0.15) is 0 Å². The van der Waals surface area contributed by atoms with Crippen molar-refractivity contribution in [1.82, 2.24) is 4.90 Å². The van der Waals surface area contributed by atoms with Gasteiger partial charge in [0, 0.05) is 18.8 Å². The van der Waals surface area contributed by atoms with Gasteiger partial charge < -0.3 is 15.3 Å². The van der Waals surface area contributed by atoms with Gasteiger partial charge in [-0.3, -0.25) is 0 Å². The van der Waals surface area contributed by atoms with Crippen LogP contribution < -0.4 is 5.32 Å². The second kappa shape index (κ2) is 5.87. The van der Waals surface area contributed by atoms with E-state index in [0.29, 0.717) is 0 Å². The quantitative estimate of drug-likeness (QED) is 0.845. The fourth-order valence-corrected chi connectivity index (χ4v) is 2.14. The van der Waals surface area contributed by atoms with Crippen molar-refractivity contribution in [2.24, 2.45) is 0 Å². The molecule has 1 atom stereocenters. The number of hydrogen-bond donors (Lipinski definition) is 2. The number of likely N-dealkylation sites (tertiary alicyclic amines) is 1. The van der Waals surface area contributed by atoms with Gasteiger partial charge in [0.25, 0.3) is 0 Å². The van der Waals surface area contributed by atoms with Crippen molar-refractivity contribution < 1.29 is 9.90 Å². The molecule has 1 aliphatic rings. The van der Waals surface area contributed by atoms with E-state index in [0.717, 1.165) is 37.2 Å². The van der Waals surface area contributed by atoms with E-state index >= 15 is 0 Å². The van der Waals surface area contributed by atoms with E-state index in [2.05, 4.69) is 5.32 Å². The number of anilines is 1. The summed E-state index contributed by atoms with van der Waals surface area (Å²) in [6, 6.07) is 7.28. The molecule has 1 aromatic carbocycles. The Morgan fingerprint density at radius 1 is 1.22 bits per heavy atom.